The first-order chi connectivity index (χ1) is 9.34. The van der Waals surface area contributed by atoms with E-state index in [-0.39, 0.29) is 0 Å². The van der Waals surface area contributed by atoms with E-state index in [1.54, 1.807) is 11.3 Å². The van der Waals surface area contributed by atoms with Gasteiger partial charge in [0, 0.05) is 25.3 Å². The molecule has 1 saturated heterocycles. The molecule has 1 aliphatic rings. The monoisotopic (exact) mass is 273 g/mol. The van der Waals surface area contributed by atoms with Gasteiger partial charge in [0.25, 0.3) is 0 Å². The highest BCUT2D eigenvalue weighted by Crippen LogP contribution is 2.29. The Morgan fingerprint density at radius 1 is 1.32 bits per heavy atom. The van der Waals surface area contributed by atoms with E-state index < -0.39 is 0 Å². The van der Waals surface area contributed by atoms with Gasteiger partial charge in [-0.1, -0.05) is 0 Å². The number of anilines is 2. The van der Waals surface area contributed by atoms with E-state index in [0.29, 0.717) is 6.04 Å². The molecule has 0 aliphatic carbocycles. The average molecular weight is 273 g/mol. The number of rotatable bonds is 4. The van der Waals surface area contributed by atoms with E-state index in [0.717, 1.165) is 24.6 Å². The van der Waals surface area contributed by atoms with Crippen molar-refractivity contribution in [1.29, 1.82) is 0 Å². The predicted molar refractivity (Wildman–Crippen MR) is 82.0 cm³/mol. The highest BCUT2D eigenvalue weighted by Gasteiger charge is 2.17. The van der Waals surface area contributed by atoms with E-state index >= 15 is 0 Å². The molecule has 1 aliphatic heterocycles. The topological polar surface area (TPSA) is 28.2 Å². The molecule has 0 radical (unpaired) electrons. The van der Waals surface area contributed by atoms with E-state index in [2.05, 4.69) is 45.0 Å². The van der Waals surface area contributed by atoms with Gasteiger partial charge in [-0.15, -0.1) is 0 Å². The largest absolute Gasteiger partial charge is 0.376 e. The van der Waals surface area contributed by atoms with Crippen molar-refractivity contribution >= 4 is 22.8 Å². The molecular formula is C15H19N3S. The summed E-state index contributed by atoms with van der Waals surface area (Å²) >= 11 is 1.74. The van der Waals surface area contributed by atoms with Gasteiger partial charge in [0.1, 0.15) is 0 Å². The average Bonchev–Trinajstić information content (AvgIpc) is 3.13. The summed E-state index contributed by atoms with van der Waals surface area (Å²) in [6.07, 6.45) is 4.43. The molecule has 4 heteroatoms. The summed E-state index contributed by atoms with van der Waals surface area (Å²) < 4.78 is 0. The lowest BCUT2D eigenvalue weighted by Crippen LogP contribution is -2.21. The fourth-order valence-corrected chi connectivity index (χ4v) is 3.28. The molecule has 3 heterocycles. The first-order valence-electron chi connectivity index (χ1n) is 6.83. The Balaban J connectivity index is 1.80. The molecule has 19 heavy (non-hydrogen) atoms. The summed E-state index contributed by atoms with van der Waals surface area (Å²) in [6, 6.07) is 6.62. The summed E-state index contributed by atoms with van der Waals surface area (Å²) in [5.74, 6) is 1.10. The first-order valence-corrected chi connectivity index (χ1v) is 7.77. The van der Waals surface area contributed by atoms with Crippen LogP contribution in [0, 0.1) is 0 Å². The molecule has 1 atom stereocenters. The Morgan fingerprint density at radius 2 is 2.16 bits per heavy atom. The molecule has 1 N–H and O–H groups in total. The maximum atomic E-state index is 4.56. The van der Waals surface area contributed by atoms with Crippen molar-refractivity contribution in [1.82, 2.24) is 4.98 Å². The minimum atomic E-state index is 0.316. The van der Waals surface area contributed by atoms with Crippen LogP contribution in [0.25, 0.3) is 0 Å². The van der Waals surface area contributed by atoms with Crippen LogP contribution in [0.15, 0.2) is 35.2 Å². The number of aromatic nitrogens is 1. The van der Waals surface area contributed by atoms with Crippen LogP contribution in [0.5, 0.6) is 0 Å². The lowest BCUT2D eigenvalue weighted by Gasteiger charge is -2.22. The molecule has 100 valence electrons. The fourth-order valence-electron chi connectivity index (χ4n) is 2.53. The number of nitrogens with one attached hydrogen (secondary N) is 1. The van der Waals surface area contributed by atoms with Crippen LogP contribution < -0.4 is 10.2 Å². The van der Waals surface area contributed by atoms with Crippen molar-refractivity contribution in [3.8, 4) is 0 Å². The maximum absolute atomic E-state index is 4.56. The van der Waals surface area contributed by atoms with E-state index in [4.69, 9.17) is 0 Å². The Hall–Kier alpha value is -1.55. The quantitative estimate of drug-likeness (QED) is 0.915. The molecule has 2 aromatic rings. The van der Waals surface area contributed by atoms with Gasteiger partial charge in [0.15, 0.2) is 5.82 Å². The number of thiophene rings is 1. The van der Waals surface area contributed by atoms with E-state index in [9.17, 15) is 0 Å². The third kappa shape index (κ3) is 2.73. The number of pyridine rings is 1. The lowest BCUT2D eigenvalue weighted by molar-refractivity contribution is 0.876. The molecule has 1 fully saturated rings. The van der Waals surface area contributed by atoms with Gasteiger partial charge in [-0.3, -0.25) is 0 Å². The molecule has 3 rings (SSSR count). The zero-order valence-corrected chi connectivity index (χ0v) is 12.0. The van der Waals surface area contributed by atoms with Crippen LogP contribution in [0.3, 0.4) is 0 Å². The van der Waals surface area contributed by atoms with Gasteiger partial charge in [-0.2, -0.15) is 11.3 Å². The van der Waals surface area contributed by atoms with Crippen LogP contribution in [0.4, 0.5) is 11.5 Å². The second-order valence-corrected chi connectivity index (χ2v) is 5.77. The lowest BCUT2D eigenvalue weighted by atomic mass is 10.2. The third-order valence-corrected chi connectivity index (χ3v) is 4.31. The van der Waals surface area contributed by atoms with Crippen molar-refractivity contribution < 1.29 is 0 Å². The molecule has 0 aromatic carbocycles. The standard InChI is InChI=1S/C15H19N3S/c1-12(13-6-10-19-11-13)17-14-5-4-7-16-15(14)18-8-2-3-9-18/h4-7,10-12,17H,2-3,8-9H2,1H3. The Labute approximate surface area is 118 Å². The van der Waals surface area contributed by atoms with Crippen molar-refractivity contribution in [3.05, 3.63) is 40.7 Å². The molecule has 3 nitrogen and oxygen atoms in total. The van der Waals surface area contributed by atoms with Gasteiger partial charge >= 0.3 is 0 Å². The van der Waals surface area contributed by atoms with Crippen molar-refractivity contribution in [2.24, 2.45) is 0 Å². The highest BCUT2D eigenvalue weighted by atomic mass is 32.1. The maximum Gasteiger partial charge on any atom is 0.151 e. The van der Waals surface area contributed by atoms with Crippen molar-refractivity contribution in [3.63, 3.8) is 0 Å². The van der Waals surface area contributed by atoms with Crippen LogP contribution in [-0.2, 0) is 0 Å². The molecule has 0 bridgehead atoms. The zero-order valence-electron chi connectivity index (χ0n) is 11.2. The SMILES string of the molecule is CC(Nc1cccnc1N1CCCC1)c1ccsc1. The number of nitrogens with zero attached hydrogens (tertiary/aromatic N) is 2. The summed E-state index contributed by atoms with van der Waals surface area (Å²) in [5.41, 5.74) is 2.48. The normalized spacial score (nSPS) is 16.6. The Morgan fingerprint density at radius 3 is 2.89 bits per heavy atom. The predicted octanol–water partition coefficient (Wildman–Crippen LogP) is 3.92. The summed E-state index contributed by atoms with van der Waals surface area (Å²) in [7, 11) is 0. The van der Waals surface area contributed by atoms with Crippen molar-refractivity contribution in [2.75, 3.05) is 23.3 Å². The third-order valence-electron chi connectivity index (χ3n) is 3.61. The zero-order chi connectivity index (χ0) is 13.1. The van der Waals surface area contributed by atoms with Crippen LogP contribution in [-0.4, -0.2) is 18.1 Å². The molecule has 2 aromatic heterocycles. The fraction of sp³-hybridized carbons (Fsp3) is 0.400. The van der Waals surface area contributed by atoms with Crippen LogP contribution in [0.2, 0.25) is 0 Å². The first kappa shape index (κ1) is 12.5. The van der Waals surface area contributed by atoms with Crippen LogP contribution in [0.1, 0.15) is 31.4 Å². The molecule has 1 unspecified atom stereocenters. The Kier molecular flexibility index (Phi) is 3.69. The minimum absolute atomic E-state index is 0.316. The second-order valence-electron chi connectivity index (χ2n) is 4.99. The van der Waals surface area contributed by atoms with Crippen molar-refractivity contribution in [2.45, 2.75) is 25.8 Å². The molecule has 0 spiro atoms. The van der Waals surface area contributed by atoms with Gasteiger partial charge < -0.3 is 10.2 Å². The molecule has 0 amide bonds. The minimum Gasteiger partial charge on any atom is -0.376 e. The van der Waals surface area contributed by atoms with Gasteiger partial charge in [0.05, 0.1) is 5.69 Å². The van der Waals surface area contributed by atoms with Gasteiger partial charge in [0.2, 0.25) is 0 Å². The van der Waals surface area contributed by atoms with Crippen LogP contribution >= 0.6 is 11.3 Å². The molecule has 0 saturated carbocycles. The summed E-state index contributed by atoms with van der Waals surface area (Å²) in [4.78, 5) is 6.94. The second kappa shape index (κ2) is 5.61. The molecular weight excluding hydrogens is 254 g/mol. The van der Waals surface area contributed by atoms with Gasteiger partial charge in [-0.25, -0.2) is 4.98 Å². The summed E-state index contributed by atoms with van der Waals surface area (Å²) in [6.45, 7) is 4.44. The summed E-state index contributed by atoms with van der Waals surface area (Å²) in [5, 5.41) is 7.91. The number of hydrogen-bond acceptors (Lipinski definition) is 4. The Bertz CT molecular complexity index is 518. The number of hydrogen-bond donors (Lipinski definition) is 1. The van der Waals surface area contributed by atoms with Gasteiger partial charge in [-0.05, 0) is 54.3 Å². The van der Waals surface area contributed by atoms with E-state index in [1.165, 1.54) is 18.4 Å². The highest BCUT2D eigenvalue weighted by molar-refractivity contribution is 7.07. The van der Waals surface area contributed by atoms with E-state index in [1.807, 2.05) is 12.3 Å². The smallest absolute Gasteiger partial charge is 0.151 e.